The lowest BCUT2D eigenvalue weighted by Crippen LogP contribution is -2.48. The molecule has 1 amide bonds. The average molecular weight is 568 g/mol. The van der Waals surface area contributed by atoms with E-state index in [1.54, 1.807) is 6.20 Å². The van der Waals surface area contributed by atoms with Crippen LogP contribution in [0, 0.1) is 6.92 Å². The second kappa shape index (κ2) is 11.8. The fraction of sp³-hybridized carbons (Fsp3) is 0.394. The van der Waals surface area contributed by atoms with Crippen molar-refractivity contribution in [2.24, 2.45) is 0 Å². The Morgan fingerprint density at radius 3 is 2.57 bits per heavy atom. The van der Waals surface area contributed by atoms with Crippen molar-refractivity contribution >= 4 is 22.6 Å². The number of fused-ring (bicyclic) bond motifs is 1. The van der Waals surface area contributed by atoms with Gasteiger partial charge in [0.25, 0.3) is 5.91 Å². The summed E-state index contributed by atoms with van der Waals surface area (Å²) in [5.41, 5.74) is 5.60. The van der Waals surface area contributed by atoms with Gasteiger partial charge in [0, 0.05) is 42.3 Å². The maximum absolute atomic E-state index is 13.1. The summed E-state index contributed by atoms with van der Waals surface area (Å²) in [6.07, 6.45) is 2.70. The maximum atomic E-state index is 13.1. The van der Waals surface area contributed by atoms with E-state index < -0.39 is 0 Å². The predicted octanol–water partition coefficient (Wildman–Crippen LogP) is 4.19. The zero-order valence-corrected chi connectivity index (χ0v) is 24.3. The monoisotopic (exact) mass is 567 g/mol. The number of morpholine rings is 1. The number of aliphatic hydroxyl groups is 1. The minimum Gasteiger partial charge on any atom is -0.396 e. The lowest BCUT2D eigenvalue weighted by Gasteiger charge is -2.42. The highest BCUT2D eigenvalue weighted by molar-refractivity contribution is 5.94. The van der Waals surface area contributed by atoms with Gasteiger partial charge >= 0.3 is 0 Å². The van der Waals surface area contributed by atoms with Crippen LogP contribution in [0.4, 0.5) is 5.82 Å². The number of aryl methyl sites for hydroxylation is 1. The molecule has 3 aromatic heterocycles. The fourth-order valence-electron chi connectivity index (χ4n) is 6.01. The first-order valence-corrected chi connectivity index (χ1v) is 14.5. The van der Waals surface area contributed by atoms with E-state index in [4.69, 9.17) is 19.4 Å². The molecule has 9 heteroatoms. The highest BCUT2D eigenvalue weighted by atomic mass is 16.5. The van der Waals surface area contributed by atoms with E-state index in [1.807, 2.05) is 61.5 Å². The Morgan fingerprint density at radius 1 is 1.05 bits per heavy atom. The van der Waals surface area contributed by atoms with Crippen molar-refractivity contribution in [3.8, 4) is 11.4 Å². The quantitative estimate of drug-likeness (QED) is 0.326. The Morgan fingerprint density at radius 2 is 1.83 bits per heavy atom. The Hall–Kier alpha value is -3.92. The number of aliphatic hydroxyl groups excluding tert-OH is 1. The minimum atomic E-state index is -0.230. The highest BCUT2D eigenvalue weighted by Crippen LogP contribution is 2.38. The zero-order valence-electron chi connectivity index (χ0n) is 24.3. The average Bonchev–Trinajstić information content (AvgIpc) is 2.97. The lowest BCUT2D eigenvalue weighted by molar-refractivity contribution is -0.0703. The molecule has 2 aliphatic heterocycles. The van der Waals surface area contributed by atoms with Crippen molar-refractivity contribution in [2.75, 3.05) is 37.8 Å². The van der Waals surface area contributed by atoms with E-state index in [2.05, 4.69) is 29.0 Å². The number of carbonyl (C=O) groups is 1. The van der Waals surface area contributed by atoms with Crippen molar-refractivity contribution in [2.45, 2.75) is 51.4 Å². The van der Waals surface area contributed by atoms with Gasteiger partial charge in [0.05, 0.1) is 54.6 Å². The van der Waals surface area contributed by atoms with Gasteiger partial charge in [-0.15, -0.1) is 0 Å². The molecule has 2 atom stereocenters. The largest absolute Gasteiger partial charge is 0.396 e. The SMILES string of the molecule is Cc1ccc(C(=O)NCc2cc3nc(-c4cccc(N5C[C@@H](C)O[C@@H](C)C5)n4)ccc3cn2)cc1C1(CCO)COC1. The second-order valence-corrected chi connectivity index (χ2v) is 11.6. The van der Waals surface area contributed by atoms with Gasteiger partial charge < -0.3 is 24.8 Å². The summed E-state index contributed by atoms with van der Waals surface area (Å²) >= 11 is 0. The summed E-state index contributed by atoms with van der Waals surface area (Å²) in [5, 5.41) is 13.5. The third-order valence-corrected chi connectivity index (χ3v) is 8.22. The number of anilines is 1. The number of rotatable bonds is 8. The zero-order chi connectivity index (χ0) is 29.3. The van der Waals surface area contributed by atoms with Crippen molar-refractivity contribution < 1.29 is 19.4 Å². The first-order chi connectivity index (χ1) is 20.3. The molecular formula is C33H37N5O4. The summed E-state index contributed by atoms with van der Waals surface area (Å²) in [4.78, 5) is 29.8. The van der Waals surface area contributed by atoms with E-state index in [1.165, 1.54) is 0 Å². The molecule has 2 N–H and O–H groups in total. The number of ether oxygens (including phenoxy) is 2. The minimum absolute atomic E-state index is 0.0799. The number of amides is 1. The second-order valence-electron chi connectivity index (χ2n) is 11.6. The van der Waals surface area contributed by atoms with Crippen molar-refractivity contribution in [3.63, 3.8) is 0 Å². The van der Waals surface area contributed by atoms with Gasteiger partial charge in [-0.1, -0.05) is 12.1 Å². The summed E-state index contributed by atoms with van der Waals surface area (Å²) < 4.78 is 11.4. The molecule has 0 saturated carbocycles. The molecule has 0 spiro atoms. The molecule has 9 nitrogen and oxygen atoms in total. The summed E-state index contributed by atoms with van der Waals surface area (Å²) in [6.45, 7) is 9.27. The predicted molar refractivity (Wildman–Crippen MR) is 162 cm³/mol. The Bertz CT molecular complexity index is 1590. The third kappa shape index (κ3) is 5.72. The number of hydrogen-bond acceptors (Lipinski definition) is 8. The maximum Gasteiger partial charge on any atom is 0.251 e. The number of nitrogens with zero attached hydrogens (tertiary/aromatic N) is 4. The molecule has 218 valence electrons. The van der Waals surface area contributed by atoms with Crippen LogP contribution >= 0.6 is 0 Å². The topological polar surface area (TPSA) is 110 Å². The number of hydrogen-bond donors (Lipinski definition) is 2. The smallest absolute Gasteiger partial charge is 0.251 e. The fourth-order valence-corrected chi connectivity index (χ4v) is 6.01. The molecule has 5 heterocycles. The van der Waals surface area contributed by atoms with Crippen LogP contribution in [0.2, 0.25) is 0 Å². The Labute approximate surface area is 245 Å². The number of carbonyl (C=O) groups excluding carboxylic acids is 1. The molecule has 2 aliphatic rings. The molecule has 4 aromatic rings. The molecule has 0 radical (unpaired) electrons. The van der Waals surface area contributed by atoms with E-state index in [0.717, 1.165) is 58.0 Å². The molecule has 42 heavy (non-hydrogen) atoms. The van der Waals surface area contributed by atoms with Crippen LogP contribution in [-0.4, -0.2) is 71.1 Å². The summed E-state index contributed by atoms with van der Waals surface area (Å²) in [5.74, 6) is 0.743. The van der Waals surface area contributed by atoms with Crippen LogP contribution in [0.5, 0.6) is 0 Å². The van der Waals surface area contributed by atoms with E-state index in [9.17, 15) is 9.90 Å². The van der Waals surface area contributed by atoms with E-state index in [-0.39, 0.29) is 36.7 Å². The third-order valence-electron chi connectivity index (χ3n) is 8.22. The normalized spacial score (nSPS) is 19.9. The van der Waals surface area contributed by atoms with Gasteiger partial charge in [-0.25, -0.2) is 9.97 Å². The van der Waals surface area contributed by atoms with Gasteiger partial charge in [-0.3, -0.25) is 9.78 Å². The number of benzene rings is 1. The first kappa shape index (κ1) is 28.2. The molecule has 0 unspecified atom stereocenters. The molecule has 2 fully saturated rings. The van der Waals surface area contributed by atoms with Gasteiger partial charge in [0.1, 0.15) is 5.82 Å². The first-order valence-electron chi connectivity index (χ1n) is 14.5. The molecule has 0 aliphatic carbocycles. The van der Waals surface area contributed by atoms with Crippen LogP contribution in [0.15, 0.2) is 60.8 Å². The molecule has 0 bridgehead atoms. The van der Waals surface area contributed by atoms with Crippen LogP contribution in [-0.2, 0) is 21.4 Å². The van der Waals surface area contributed by atoms with Gasteiger partial charge in [-0.05, 0) is 80.8 Å². The van der Waals surface area contributed by atoms with Gasteiger partial charge in [-0.2, -0.15) is 0 Å². The highest BCUT2D eigenvalue weighted by Gasteiger charge is 2.41. The van der Waals surface area contributed by atoms with Crippen LogP contribution in [0.25, 0.3) is 22.3 Å². The van der Waals surface area contributed by atoms with Gasteiger partial charge in [0.2, 0.25) is 0 Å². The number of nitrogens with one attached hydrogen (secondary N) is 1. The summed E-state index contributed by atoms with van der Waals surface area (Å²) in [7, 11) is 0. The van der Waals surface area contributed by atoms with Crippen LogP contribution < -0.4 is 10.2 Å². The van der Waals surface area contributed by atoms with Crippen molar-refractivity contribution in [1.29, 1.82) is 0 Å². The molecule has 6 rings (SSSR count). The Kier molecular flexibility index (Phi) is 7.90. The van der Waals surface area contributed by atoms with Crippen LogP contribution in [0.3, 0.4) is 0 Å². The van der Waals surface area contributed by atoms with Crippen molar-refractivity contribution in [3.05, 3.63) is 83.2 Å². The molecule has 1 aromatic carbocycles. The van der Waals surface area contributed by atoms with Crippen molar-refractivity contribution in [1.82, 2.24) is 20.3 Å². The molecule has 2 saturated heterocycles. The number of aromatic nitrogens is 3. The van der Waals surface area contributed by atoms with Gasteiger partial charge in [0.15, 0.2) is 0 Å². The molecular weight excluding hydrogens is 530 g/mol. The van der Waals surface area contributed by atoms with E-state index >= 15 is 0 Å². The summed E-state index contributed by atoms with van der Waals surface area (Å²) in [6, 6.07) is 17.6. The Balaban J connectivity index is 1.18. The number of pyridine rings is 3. The van der Waals surface area contributed by atoms with E-state index in [0.29, 0.717) is 25.2 Å². The lowest BCUT2D eigenvalue weighted by atomic mass is 9.74. The standard InChI is InChI=1S/C33H37N5O4/c1-21-7-8-24(13-27(21)33(11-12-39)19-41-20-33)32(40)35-16-26-14-30-25(15-34-26)9-10-29(36-30)28-5-4-6-31(37-28)38-17-22(2)42-23(3)18-38/h4-10,13-15,22-23,39H,11-12,16-20H2,1-3H3,(H,35,40)/t22-,23+. The van der Waals surface area contributed by atoms with Crippen LogP contribution in [0.1, 0.15) is 47.4 Å².